The Bertz CT molecular complexity index is 767. The van der Waals surface area contributed by atoms with E-state index in [1.807, 2.05) is 41.8 Å². The summed E-state index contributed by atoms with van der Waals surface area (Å²) in [5.41, 5.74) is 2.02. The van der Waals surface area contributed by atoms with E-state index >= 15 is 0 Å². The number of amides is 1. The average Bonchev–Trinajstić information content (AvgIpc) is 3.00. The van der Waals surface area contributed by atoms with Gasteiger partial charge in [-0.15, -0.1) is 11.3 Å². The Hall–Kier alpha value is -2.46. The number of thiophene rings is 1. The van der Waals surface area contributed by atoms with Gasteiger partial charge in [-0.1, -0.05) is 42.5 Å². The van der Waals surface area contributed by atoms with E-state index in [0.29, 0.717) is 4.88 Å². The zero-order valence-electron chi connectivity index (χ0n) is 11.0. The fraction of sp³-hybridized carbons (Fsp3) is 0. The van der Waals surface area contributed by atoms with E-state index in [9.17, 15) is 9.18 Å². The van der Waals surface area contributed by atoms with Crippen LogP contribution in [0.2, 0.25) is 0 Å². The number of anilines is 1. The van der Waals surface area contributed by atoms with E-state index in [0.717, 1.165) is 11.1 Å². The number of carbonyl (C=O) groups is 1. The second kappa shape index (κ2) is 5.89. The quantitative estimate of drug-likeness (QED) is 0.738. The van der Waals surface area contributed by atoms with Crippen molar-refractivity contribution in [2.24, 2.45) is 0 Å². The summed E-state index contributed by atoms with van der Waals surface area (Å²) in [6.45, 7) is 0. The Morgan fingerprint density at radius 2 is 1.67 bits per heavy atom. The van der Waals surface area contributed by atoms with Crippen molar-refractivity contribution < 1.29 is 9.18 Å². The third-order valence-electron chi connectivity index (χ3n) is 3.08. The minimum atomic E-state index is -0.441. The van der Waals surface area contributed by atoms with Gasteiger partial charge in [0.15, 0.2) is 0 Å². The standard InChI is InChI=1S/C17H12FNOS/c18-14-8-4-5-9-15(14)19-17(20)16-13(10-11-21-16)12-6-2-1-3-7-12/h1-11H,(H,19,20). The molecule has 0 fully saturated rings. The summed E-state index contributed by atoms with van der Waals surface area (Å²) < 4.78 is 13.6. The van der Waals surface area contributed by atoms with Gasteiger partial charge in [-0.3, -0.25) is 4.79 Å². The van der Waals surface area contributed by atoms with Crippen LogP contribution in [0.3, 0.4) is 0 Å². The zero-order valence-corrected chi connectivity index (χ0v) is 11.9. The van der Waals surface area contributed by atoms with Crippen LogP contribution in [0.25, 0.3) is 11.1 Å². The fourth-order valence-corrected chi connectivity index (χ4v) is 2.88. The number of hydrogen-bond acceptors (Lipinski definition) is 2. The van der Waals surface area contributed by atoms with Crippen molar-refractivity contribution in [3.8, 4) is 11.1 Å². The van der Waals surface area contributed by atoms with Crippen LogP contribution in [-0.2, 0) is 0 Å². The molecule has 1 amide bonds. The molecule has 0 aliphatic rings. The lowest BCUT2D eigenvalue weighted by molar-refractivity contribution is 0.103. The van der Waals surface area contributed by atoms with E-state index in [-0.39, 0.29) is 11.6 Å². The van der Waals surface area contributed by atoms with Gasteiger partial charge < -0.3 is 5.32 Å². The van der Waals surface area contributed by atoms with Crippen LogP contribution in [0.1, 0.15) is 9.67 Å². The van der Waals surface area contributed by atoms with Gasteiger partial charge in [0.05, 0.1) is 10.6 Å². The number of rotatable bonds is 3. The maximum Gasteiger partial charge on any atom is 0.266 e. The molecule has 0 aliphatic heterocycles. The summed E-state index contributed by atoms with van der Waals surface area (Å²) in [5, 5.41) is 4.48. The molecule has 1 N–H and O–H groups in total. The predicted octanol–water partition coefficient (Wildman–Crippen LogP) is 4.81. The summed E-state index contributed by atoms with van der Waals surface area (Å²) in [7, 11) is 0. The monoisotopic (exact) mass is 297 g/mol. The number of benzene rings is 2. The number of hydrogen-bond donors (Lipinski definition) is 1. The van der Waals surface area contributed by atoms with Gasteiger partial charge in [-0.05, 0) is 29.1 Å². The molecule has 0 aliphatic carbocycles. The average molecular weight is 297 g/mol. The first kappa shape index (κ1) is 13.5. The fourth-order valence-electron chi connectivity index (χ4n) is 2.07. The molecule has 3 rings (SSSR count). The predicted molar refractivity (Wildman–Crippen MR) is 84.1 cm³/mol. The minimum absolute atomic E-state index is 0.190. The molecule has 104 valence electrons. The Morgan fingerprint density at radius 3 is 2.43 bits per heavy atom. The molecule has 0 saturated carbocycles. The number of carbonyl (C=O) groups excluding carboxylic acids is 1. The third-order valence-corrected chi connectivity index (χ3v) is 3.99. The van der Waals surface area contributed by atoms with Crippen LogP contribution < -0.4 is 5.32 Å². The molecule has 0 unspecified atom stereocenters. The summed E-state index contributed by atoms with van der Waals surface area (Å²) in [4.78, 5) is 12.9. The molecule has 1 aromatic heterocycles. The van der Waals surface area contributed by atoms with E-state index in [1.54, 1.807) is 18.2 Å². The first-order valence-electron chi connectivity index (χ1n) is 6.44. The van der Waals surface area contributed by atoms with Gasteiger partial charge >= 0.3 is 0 Å². The van der Waals surface area contributed by atoms with E-state index in [1.165, 1.54) is 17.4 Å². The highest BCUT2D eigenvalue weighted by Gasteiger charge is 2.15. The summed E-state index contributed by atoms with van der Waals surface area (Å²) in [6.07, 6.45) is 0. The van der Waals surface area contributed by atoms with Gasteiger partial charge in [0.1, 0.15) is 5.82 Å². The third kappa shape index (κ3) is 2.85. The summed E-state index contributed by atoms with van der Waals surface area (Å²) >= 11 is 1.34. The second-order valence-corrected chi connectivity index (χ2v) is 5.38. The molecule has 2 nitrogen and oxygen atoms in total. The van der Waals surface area contributed by atoms with E-state index in [2.05, 4.69) is 5.32 Å². The summed E-state index contributed by atoms with van der Waals surface area (Å²) in [6, 6.07) is 17.7. The molecule has 4 heteroatoms. The number of para-hydroxylation sites is 1. The molecule has 2 aromatic carbocycles. The van der Waals surface area contributed by atoms with E-state index < -0.39 is 5.82 Å². The lowest BCUT2D eigenvalue weighted by Crippen LogP contribution is -2.12. The highest BCUT2D eigenvalue weighted by Crippen LogP contribution is 2.29. The molecule has 1 heterocycles. The normalized spacial score (nSPS) is 10.3. The number of halogens is 1. The molecule has 0 spiro atoms. The molecular weight excluding hydrogens is 285 g/mol. The maximum absolute atomic E-state index is 13.6. The first-order valence-corrected chi connectivity index (χ1v) is 7.32. The highest BCUT2D eigenvalue weighted by atomic mass is 32.1. The van der Waals surface area contributed by atoms with E-state index in [4.69, 9.17) is 0 Å². The molecule has 0 bridgehead atoms. The van der Waals surface area contributed by atoms with Crippen molar-refractivity contribution in [1.82, 2.24) is 0 Å². The van der Waals surface area contributed by atoms with Gasteiger partial charge in [-0.2, -0.15) is 0 Å². The van der Waals surface area contributed by atoms with Crippen molar-refractivity contribution in [2.45, 2.75) is 0 Å². The van der Waals surface area contributed by atoms with Crippen molar-refractivity contribution in [3.05, 3.63) is 76.7 Å². The van der Waals surface area contributed by atoms with Gasteiger partial charge in [0, 0.05) is 5.56 Å². The topological polar surface area (TPSA) is 29.1 Å². The largest absolute Gasteiger partial charge is 0.319 e. The molecule has 21 heavy (non-hydrogen) atoms. The van der Waals surface area contributed by atoms with Crippen LogP contribution in [0.4, 0.5) is 10.1 Å². The molecule has 0 saturated heterocycles. The first-order chi connectivity index (χ1) is 10.3. The second-order valence-electron chi connectivity index (χ2n) is 4.46. The Kier molecular flexibility index (Phi) is 3.79. The van der Waals surface area contributed by atoms with Crippen LogP contribution in [0.15, 0.2) is 66.0 Å². The van der Waals surface area contributed by atoms with Crippen molar-refractivity contribution >= 4 is 22.9 Å². The van der Waals surface area contributed by atoms with Crippen LogP contribution >= 0.6 is 11.3 Å². The van der Waals surface area contributed by atoms with Gasteiger partial charge in [0.25, 0.3) is 5.91 Å². The van der Waals surface area contributed by atoms with Crippen molar-refractivity contribution in [3.63, 3.8) is 0 Å². The van der Waals surface area contributed by atoms with Crippen LogP contribution in [0.5, 0.6) is 0 Å². The maximum atomic E-state index is 13.6. The minimum Gasteiger partial charge on any atom is -0.319 e. The van der Waals surface area contributed by atoms with Gasteiger partial charge in [0.2, 0.25) is 0 Å². The molecular formula is C17H12FNOS. The smallest absolute Gasteiger partial charge is 0.266 e. The van der Waals surface area contributed by atoms with Gasteiger partial charge in [-0.25, -0.2) is 4.39 Å². The number of nitrogens with one attached hydrogen (secondary N) is 1. The summed E-state index contributed by atoms with van der Waals surface area (Å²) in [5.74, 6) is -0.738. The Balaban J connectivity index is 1.90. The Labute approximate surface area is 125 Å². The Morgan fingerprint density at radius 1 is 0.952 bits per heavy atom. The molecule has 0 atom stereocenters. The zero-order chi connectivity index (χ0) is 14.7. The SMILES string of the molecule is O=C(Nc1ccccc1F)c1sccc1-c1ccccc1. The van der Waals surface area contributed by atoms with Crippen LogP contribution in [-0.4, -0.2) is 5.91 Å². The molecule has 0 radical (unpaired) electrons. The molecule has 3 aromatic rings. The highest BCUT2D eigenvalue weighted by molar-refractivity contribution is 7.12. The lowest BCUT2D eigenvalue weighted by atomic mass is 10.1. The van der Waals surface area contributed by atoms with Crippen molar-refractivity contribution in [2.75, 3.05) is 5.32 Å². The lowest BCUT2D eigenvalue weighted by Gasteiger charge is -2.07. The van der Waals surface area contributed by atoms with Crippen LogP contribution in [0, 0.1) is 5.82 Å². The van der Waals surface area contributed by atoms with Crippen molar-refractivity contribution in [1.29, 1.82) is 0 Å².